The van der Waals surface area contributed by atoms with Gasteiger partial charge in [-0.15, -0.1) is 22.6 Å². The van der Waals surface area contributed by atoms with Crippen molar-refractivity contribution >= 4 is 30.1 Å². The molecule has 0 aliphatic rings. The molecule has 0 saturated heterocycles. The van der Waals surface area contributed by atoms with Crippen molar-refractivity contribution in [1.29, 1.82) is 0 Å². The molecule has 2 unspecified atom stereocenters. The number of rotatable bonds is 10. The summed E-state index contributed by atoms with van der Waals surface area (Å²) < 4.78 is 2.18. The summed E-state index contributed by atoms with van der Waals surface area (Å²) in [6.45, 7) is 9.95. The van der Waals surface area contributed by atoms with E-state index in [2.05, 4.69) is 33.9 Å². The van der Waals surface area contributed by atoms with Gasteiger partial charge in [-0.1, -0.05) is 45.9 Å². The first-order chi connectivity index (χ1) is 10.9. The Morgan fingerprint density at radius 3 is 2.54 bits per heavy atom. The smallest absolute Gasteiger partial charge is 0.237 e. The molecule has 8 heteroatoms. The fourth-order valence-corrected chi connectivity index (χ4v) is 2.81. The average Bonchev–Trinajstić information content (AvgIpc) is 2.90. The van der Waals surface area contributed by atoms with E-state index in [9.17, 15) is 4.79 Å². The predicted octanol–water partition coefficient (Wildman–Crippen LogP) is 2.50. The van der Waals surface area contributed by atoms with Crippen molar-refractivity contribution in [2.75, 3.05) is 12.8 Å². The van der Waals surface area contributed by atoms with Gasteiger partial charge in [0.1, 0.15) is 5.82 Å². The van der Waals surface area contributed by atoms with Gasteiger partial charge >= 0.3 is 0 Å². The van der Waals surface area contributed by atoms with Crippen LogP contribution in [0.25, 0.3) is 0 Å². The van der Waals surface area contributed by atoms with E-state index in [0.717, 1.165) is 36.8 Å². The molecule has 2 atom stereocenters. The van der Waals surface area contributed by atoms with Crippen molar-refractivity contribution in [2.45, 2.75) is 64.7 Å². The van der Waals surface area contributed by atoms with E-state index in [1.165, 1.54) is 0 Å². The second kappa shape index (κ2) is 11.7. The van der Waals surface area contributed by atoms with E-state index >= 15 is 0 Å². The number of nitrogens with zero attached hydrogens (tertiary/aromatic N) is 3. The molecule has 0 aliphatic carbocycles. The second-order valence-electron chi connectivity index (χ2n) is 6.41. The number of hydrogen-bond acceptors (Lipinski definition) is 5. The summed E-state index contributed by atoms with van der Waals surface area (Å²) in [5.74, 6) is 1.67. The van der Waals surface area contributed by atoms with E-state index in [0.29, 0.717) is 12.5 Å². The number of amides is 1. The van der Waals surface area contributed by atoms with Gasteiger partial charge in [0.05, 0.1) is 6.04 Å². The summed E-state index contributed by atoms with van der Waals surface area (Å²) in [7, 11) is 0. The highest BCUT2D eigenvalue weighted by Gasteiger charge is 2.19. The Labute approximate surface area is 156 Å². The fraction of sp³-hybridized carbons (Fsp3) is 0.812. The van der Waals surface area contributed by atoms with E-state index in [1.54, 1.807) is 11.8 Å². The van der Waals surface area contributed by atoms with Crippen LogP contribution in [-0.2, 0) is 17.8 Å². The summed E-state index contributed by atoms with van der Waals surface area (Å²) >= 11 is 1.62. The van der Waals surface area contributed by atoms with Crippen LogP contribution in [0.3, 0.4) is 0 Å². The highest BCUT2D eigenvalue weighted by molar-refractivity contribution is 7.98. The molecule has 0 saturated carbocycles. The number of nitrogens with one attached hydrogen (secondary N) is 1. The Bertz CT molecular complexity index is 495. The lowest BCUT2D eigenvalue weighted by atomic mass is 9.99. The molecule has 1 rings (SSSR count). The van der Waals surface area contributed by atoms with Crippen molar-refractivity contribution in [3.05, 3.63) is 5.82 Å². The molecule has 0 bridgehead atoms. The van der Waals surface area contributed by atoms with Crippen molar-refractivity contribution in [2.24, 2.45) is 17.6 Å². The van der Waals surface area contributed by atoms with Crippen LogP contribution in [0.1, 0.15) is 46.4 Å². The lowest BCUT2D eigenvalue weighted by molar-refractivity contribution is -0.123. The standard InChI is InChI=1S/C16H31N5OS.ClH/c1-6-12(4)14(17)15(22)18-9-7-8-13-19-20-16(23-5)21(13)10-11(2)3;/h11-12,14H,6-10,17H2,1-5H3,(H,18,22);1H. The maximum absolute atomic E-state index is 11.9. The second-order valence-corrected chi connectivity index (χ2v) is 7.19. The van der Waals surface area contributed by atoms with Gasteiger partial charge in [-0.2, -0.15) is 0 Å². The topological polar surface area (TPSA) is 85.8 Å². The molecule has 6 nitrogen and oxygen atoms in total. The van der Waals surface area contributed by atoms with Gasteiger partial charge in [0.25, 0.3) is 0 Å². The Hall–Kier alpha value is -0.790. The summed E-state index contributed by atoms with van der Waals surface area (Å²) in [4.78, 5) is 11.9. The molecule has 0 aliphatic heterocycles. The highest BCUT2D eigenvalue weighted by Crippen LogP contribution is 2.16. The normalized spacial score (nSPS) is 13.5. The van der Waals surface area contributed by atoms with E-state index in [1.807, 2.05) is 20.1 Å². The Morgan fingerprint density at radius 2 is 2.00 bits per heavy atom. The first-order valence-corrected chi connectivity index (χ1v) is 9.62. The first kappa shape index (κ1) is 23.2. The zero-order chi connectivity index (χ0) is 17.4. The van der Waals surface area contributed by atoms with Crippen LogP contribution in [0.2, 0.25) is 0 Å². The van der Waals surface area contributed by atoms with Gasteiger partial charge in [-0.25, -0.2) is 0 Å². The average molecular weight is 378 g/mol. The number of carbonyl (C=O) groups is 1. The van der Waals surface area contributed by atoms with Crippen molar-refractivity contribution < 1.29 is 4.79 Å². The number of carbonyl (C=O) groups excluding carboxylic acids is 1. The van der Waals surface area contributed by atoms with Crippen LogP contribution < -0.4 is 11.1 Å². The number of aromatic nitrogens is 3. The number of aryl methyl sites for hydroxylation is 1. The SMILES string of the molecule is CCC(C)C(N)C(=O)NCCCc1nnc(SC)n1CC(C)C.Cl. The lowest BCUT2D eigenvalue weighted by Crippen LogP contribution is -2.44. The van der Waals surface area contributed by atoms with E-state index in [4.69, 9.17) is 5.73 Å². The number of hydrogen-bond donors (Lipinski definition) is 2. The monoisotopic (exact) mass is 377 g/mol. The van der Waals surface area contributed by atoms with Crippen LogP contribution in [-0.4, -0.2) is 39.5 Å². The maximum Gasteiger partial charge on any atom is 0.237 e. The van der Waals surface area contributed by atoms with Crippen LogP contribution in [0.5, 0.6) is 0 Å². The molecule has 1 heterocycles. The van der Waals surface area contributed by atoms with E-state index in [-0.39, 0.29) is 24.2 Å². The molecule has 0 radical (unpaired) electrons. The summed E-state index contributed by atoms with van der Waals surface area (Å²) in [6, 6.07) is -0.423. The third-order valence-electron chi connectivity index (χ3n) is 3.96. The molecule has 3 N–H and O–H groups in total. The van der Waals surface area contributed by atoms with Crippen LogP contribution in [0.15, 0.2) is 5.16 Å². The van der Waals surface area contributed by atoms with Gasteiger partial charge in [0.2, 0.25) is 5.91 Å². The summed E-state index contributed by atoms with van der Waals surface area (Å²) in [6.07, 6.45) is 4.56. The highest BCUT2D eigenvalue weighted by atomic mass is 35.5. The molecule has 0 aromatic carbocycles. The number of nitrogens with two attached hydrogens (primary N) is 1. The molecular formula is C16H32ClN5OS. The van der Waals surface area contributed by atoms with Gasteiger partial charge in [-0.05, 0) is 24.5 Å². The van der Waals surface area contributed by atoms with Gasteiger partial charge in [0, 0.05) is 19.5 Å². The van der Waals surface area contributed by atoms with Gasteiger partial charge in [0.15, 0.2) is 5.16 Å². The molecule has 24 heavy (non-hydrogen) atoms. The van der Waals surface area contributed by atoms with Crippen molar-refractivity contribution in [3.8, 4) is 0 Å². The molecule has 1 aromatic heterocycles. The van der Waals surface area contributed by atoms with Gasteiger partial charge < -0.3 is 15.6 Å². The molecule has 0 fully saturated rings. The molecular weight excluding hydrogens is 346 g/mol. The van der Waals surface area contributed by atoms with Gasteiger partial charge in [-0.3, -0.25) is 4.79 Å². The van der Waals surface area contributed by atoms with Crippen LogP contribution in [0.4, 0.5) is 0 Å². The Kier molecular flexibility index (Phi) is 11.3. The van der Waals surface area contributed by atoms with Crippen LogP contribution >= 0.6 is 24.2 Å². The lowest BCUT2D eigenvalue weighted by Gasteiger charge is -2.17. The molecule has 1 amide bonds. The minimum Gasteiger partial charge on any atom is -0.355 e. The molecule has 140 valence electrons. The number of thioether (sulfide) groups is 1. The summed E-state index contributed by atoms with van der Waals surface area (Å²) in [5, 5.41) is 12.4. The number of halogens is 1. The zero-order valence-corrected chi connectivity index (χ0v) is 17.0. The molecule has 0 spiro atoms. The van der Waals surface area contributed by atoms with Crippen LogP contribution in [0, 0.1) is 11.8 Å². The fourth-order valence-electron chi connectivity index (χ4n) is 2.29. The minimum atomic E-state index is -0.423. The Balaban J connectivity index is 0.00000529. The first-order valence-electron chi connectivity index (χ1n) is 8.40. The third kappa shape index (κ3) is 6.99. The molecule has 1 aromatic rings. The maximum atomic E-state index is 11.9. The largest absolute Gasteiger partial charge is 0.355 e. The van der Waals surface area contributed by atoms with Crippen molar-refractivity contribution in [1.82, 2.24) is 20.1 Å². The quantitative estimate of drug-likeness (QED) is 0.483. The minimum absolute atomic E-state index is 0. The zero-order valence-electron chi connectivity index (χ0n) is 15.4. The Morgan fingerprint density at radius 1 is 1.33 bits per heavy atom. The third-order valence-corrected chi connectivity index (χ3v) is 4.63. The summed E-state index contributed by atoms with van der Waals surface area (Å²) in [5.41, 5.74) is 5.92. The predicted molar refractivity (Wildman–Crippen MR) is 103 cm³/mol. The van der Waals surface area contributed by atoms with Crippen molar-refractivity contribution in [3.63, 3.8) is 0 Å². The van der Waals surface area contributed by atoms with E-state index < -0.39 is 6.04 Å².